The first-order chi connectivity index (χ1) is 14.8. The van der Waals surface area contributed by atoms with Gasteiger partial charge in [-0.05, 0) is 76.3 Å². The van der Waals surface area contributed by atoms with E-state index in [1.165, 1.54) is 10.4 Å². The van der Waals surface area contributed by atoms with Crippen molar-refractivity contribution in [2.45, 2.75) is 95.4 Å². The Labute approximate surface area is 190 Å². The van der Waals surface area contributed by atoms with E-state index < -0.39 is 5.60 Å². The van der Waals surface area contributed by atoms with Gasteiger partial charge in [0.2, 0.25) is 5.91 Å². The van der Waals surface area contributed by atoms with E-state index in [-0.39, 0.29) is 17.4 Å². The van der Waals surface area contributed by atoms with Crippen molar-refractivity contribution in [1.29, 1.82) is 0 Å². The van der Waals surface area contributed by atoms with Crippen LogP contribution in [0, 0.1) is 11.8 Å². The van der Waals surface area contributed by atoms with E-state index in [1.54, 1.807) is 4.88 Å². The summed E-state index contributed by atoms with van der Waals surface area (Å²) < 4.78 is 6.48. The third-order valence-corrected chi connectivity index (χ3v) is 9.62. The first kappa shape index (κ1) is 21.9. The molecule has 1 saturated heterocycles. The summed E-state index contributed by atoms with van der Waals surface area (Å²) in [6.45, 7) is 9.54. The topological polar surface area (TPSA) is 61.8 Å². The molecule has 2 atom stereocenters. The van der Waals surface area contributed by atoms with Gasteiger partial charge in [0, 0.05) is 47.3 Å². The summed E-state index contributed by atoms with van der Waals surface area (Å²) in [6, 6.07) is 3.29. The minimum Gasteiger partial charge on any atom is -0.390 e. The Morgan fingerprint density at radius 2 is 2.13 bits per heavy atom. The number of nitrogens with one attached hydrogen (secondary N) is 1. The number of thiophene rings is 1. The Morgan fingerprint density at radius 3 is 2.81 bits per heavy atom. The lowest BCUT2D eigenvalue weighted by Crippen LogP contribution is -2.56. The van der Waals surface area contributed by atoms with Gasteiger partial charge in [-0.2, -0.15) is 0 Å². The highest BCUT2D eigenvalue weighted by Gasteiger charge is 2.46. The number of aryl methyl sites for hydroxylation is 1. The van der Waals surface area contributed by atoms with Crippen LogP contribution in [0.4, 0.5) is 0 Å². The predicted octanol–water partition coefficient (Wildman–Crippen LogP) is 3.62. The van der Waals surface area contributed by atoms with Crippen molar-refractivity contribution in [2.24, 2.45) is 11.8 Å². The van der Waals surface area contributed by atoms with Gasteiger partial charge in [0.1, 0.15) is 0 Å². The zero-order chi connectivity index (χ0) is 21.8. The maximum absolute atomic E-state index is 12.3. The largest absolute Gasteiger partial charge is 0.390 e. The number of hydrogen-bond donors (Lipinski definition) is 2. The normalized spacial score (nSPS) is 40.1. The molecular formula is C25H38N2O3S. The zero-order valence-electron chi connectivity index (χ0n) is 19.3. The molecule has 3 fully saturated rings. The Morgan fingerprint density at radius 1 is 1.35 bits per heavy atom. The number of fused-ring (bicyclic) bond motifs is 2. The van der Waals surface area contributed by atoms with Crippen LogP contribution in [0.3, 0.4) is 0 Å². The van der Waals surface area contributed by atoms with Gasteiger partial charge in [0.15, 0.2) is 0 Å². The first-order valence-corrected chi connectivity index (χ1v) is 13.1. The number of rotatable bonds is 5. The summed E-state index contributed by atoms with van der Waals surface area (Å²) in [5.74, 6) is 0.843. The second-order valence-corrected chi connectivity index (χ2v) is 12.2. The minimum atomic E-state index is -0.629. The van der Waals surface area contributed by atoms with Crippen molar-refractivity contribution >= 4 is 17.2 Å². The fourth-order valence-electron chi connectivity index (χ4n) is 6.39. The molecule has 2 aliphatic carbocycles. The van der Waals surface area contributed by atoms with Crippen molar-refractivity contribution in [3.05, 3.63) is 21.4 Å². The highest BCUT2D eigenvalue weighted by molar-refractivity contribution is 7.12. The molecule has 31 heavy (non-hydrogen) atoms. The van der Waals surface area contributed by atoms with Crippen LogP contribution >= 0.6 is 11.3 Å². The molecular weight excluding hydrogens is 408 g/mol. The van der Waals surface area contributed by atoms with E-state index in [2.05, 4.69) is 30.1 Å². The quantitative estimate of drug-likeness (QED) is 0.725. The van der Waals surface area contributed by atoms with Gasteiger partial charge in [-0.25, -0.2) is 0 Å². The molecule has 1 spiro atoms. The van der Waals surface area contributed by atoms with Crippen LogP contribution in [-0.4, -0.2) is 53.3 Å². The lowest BCUT2D eigenvalue weighted by atomic mass is 9.71. The summed E-state index contributed by atoms with van der Waals surface area (Å²) in [7, 11) is 0. The van der Waals surface area contributed by atoms with E-state index >= 15 is 0 Å². The van der Waals surface area contributed by atoms with Gasteiger partial charge >= 0.3 is 0 Å². The summed E-state index contributed by atoms with van der Waals surface area (Å²) in [6.07, 6.45) is 7.78. The van der Waals surface area contributed by atoms with E-state index in [9.17, 15) is 9.90 Å². The van der Waals surface area contributed by atoms with Crippen LogP contribution in [0.25, 0.3) is 0 Å². The molecule has 0 radical (unpaired) electrons. The Balaban J connectivity index is 1.11. The number of likely N-dealkylation sites (tertiary alicyclic amines) is 1. The van der Waals surface area contributed by atoms with Gasteiger partial charge < -0.3 is 20.1 Å². The maximum atomic E-state index is 12.3. The van der Waals surface area contributed by atoms with Gasteiger partial charge in [0.05, 0.1) is 17.8 Å². The molecule has 6 heteroatoms. The lowest BCUT2D eigenvalue weighted by Gasteiger charge is -2.49. The average molecular weight is 447 g/mol. The monoisotopic (exact) mass is 446 g/mol. The van der Waals surface area contributed by atoms with Crippen molar-refractivity contribution in [3.8, 4) is 0 Å². The molecule has 2 N–H and O–H groups in total. The Kier molecular flexibility index (Phi) is 5.73. The fourth-order valence-corrected chi connectivity index (χ4v) is 7.56. The zero-order valence-corrected chi connectivity index (χ0v) is 20.1. The van der Waals surface area contributed by atoms with E-state index in [0.717, 1.165) is 58.2 Å². The number of hydrogen-bond acceptors (Lipinski definition) is 5. The minimum absolute atomic E-state index is 0.0121. The molecule has 1 aromatic heterocycles. The standard InChI is InChI=1S/C25H38N2O3S/c1-4-20-11-21-22(31-20)5-8-30-25(21)6-7-27(16(2)12-25)15-17-9-19(10-17)26-23(28)18-13-24(3,29)14-18/h11,16-19,29H,4-10,12-15H2,1-3H3,(H,26,28)/t16-,17?,18?,19?,24?,25+/m0/s1. The number of carbonyl (C=O) groups excluding carboxylic acids is 1. The summed E-state index contributed by atoms with van der Waals surface area (Å²) in [5, 5.41) is 13.1. The van der Waals surface area contributed by atoms with Crippen molar-refractivity contribution in [2.75, 3.05) is 19.7 Å². The molecule has 0 unspecified atom stereocenters. The highest BCUT2D eigenvalue weighted by atomic mass is 32.1. The number of amides is 1. The number of piperidine rings is 1. The molecule has 5 rings (SSSR count). The molecule has 3 heterocycles. The van der Waals surface area contributed by atoms with Crippen LogP contribution in [0.1, 0.15) is 74.6 Å². The molecule has 5 nitrogen and oxygen atoms in total. The van der Waals surface area contributed by atoms with Gasteiger partial charge in [0.25, 0.3) is 0 Å². The number of nitrogens with zero attached hydrogens (tertiary/aromatic N) is 1. The summed E-state index contributed by atoms with van der Waals surface area (Å²) in [4.78, 5) is 18.0. The number of ether oxygens (including phenoxy) is 1. The van der Waals surface area contributed by atoms with Gasteiger partial charge in [-0.1, -0.05) is 6.92 Å². The number of carbonyl (C=O) groups is 1. The highest BCUT2D eigenvalue weighted by Crippen LogP contribution is 2.47. The smallest absolute Gasteiger partial charge is 0.223 e. The Bertz CT molecular complexity index is 823. The maximum Gasteiger partial charge on any atom is 0.223 e. The van der Waals surface area contributed by atoms with Crippen LogP contribution in [0.2, 0.25) is 0 Å². The summed E-state index contributed by atoms with van der Waals surface area (Å²) >= 11 is 2.00. The summed E-state index contributed by atoms with van der Waals surface area (Å²) in [5.41, 5.74) is 0.803. The second kappa shape index (κ2) is 8.12. The lowest BCUT2D eigenvalue weighted by molar-refractivity contribution is -0.140. The second-order valence-electron chi connectivity index (χ2n) is 10.9. The molecule has 2 aliphatic heterocycles. The molecule has 0 aromatic carbocycles. The van der Waals surface area contributed by atoms with Gasteiger partial charge in [-0.3, -0.25) is 4.79 Å². The van der Waals surface area contributed by atoms with E-state index in [1.807, 2.05) is 18.3 Å². The molecule has 172 valence electrons. The van der Waals surface area contributed by atoms with Crippen LogP contribution < -0.4 is 5.32 Å². The number of aliphatic hydroxyl groups is 1. The van der Waals surface area contributed by atoms with Gasteiger partial charge in [-0.15, -0.1) is 11.3 Å². The van der Waals surface area contributed by atoms with Crippen LogP contribution in [-0.2, 0) is 28.0 Å². The predicted molar refractivity (Wildman–Crippen MR) is 123 cm³/mol. The molecule has 2 saturated carbocycles. The van der Waals surface area contributed by atoms with Crippen LogP contribution in [0.5, 0.6) is 0 Å². The SMILES string of the molecule is CCc1cc2c(s1)CCO[C@@]21CCN(CC2CC(NC(=O)C3CC(C)(O)C3)C2)[C@@H](C)C1. The molecule has 1 amide bonds. The molecule has 1 aromatic rings. The fraction of sp³-hybridized carbons (Fsp3) is 0.800. The van der Waals surface area contributed by atoms with Crippen molar-refractivity contribution in [1.82, 2.24) is 10.2 Å². The first-order valence-electron chi connectivity index (χ1n) is 12.3. The van der Waals surface area contributed by atoms with E-state index in [4.69, 9.17) is 4.74 Å². The third-order valence-electron chi connectivity index (χ3n) is 8.28. The van der Waals surface area contributed by atoms with E-state index in [0.29, 0.717) is 30.8 Å². The van der Waals surface area contributed by atoms with Crippen molar-refractivity contribution < 1.29 is 14.6 Å². The average Bonchev–Trinajstić information content (AvgIpc) is 3.11. The Hall–Kier alpha value is -0.950. The molecule has 0 bridgehead atoms. The van der Waals surface area contributed by atoms with Crippen LogP contribution in [0.15, 0.2) is 6.07 Å². The third kappa shape index (κ3) is 4.21. The van der Waals surface area contributed by atoms with Crippen molar-refractivity contribution in [3.63, 3.8) is 0 Å². The molecule has 4 aliphatic rings.